The van der Waals surface area contributed by atoms with Gasteiger partial charge in [-0.2, -0.15) is 5.10 Å². The van der Waals surface area contributed by atoms with Crippen molar-refractivity contribution in [1.29, 1.82) is 0 Å². The Kier molecular flexibility index (Phi) is 3.48. The summed E-state index contributed by atoms with van der Waals surface area (Å²) in [5, 5.41) is 7.50. The van der Waals surface area contributed by atoms with E-state index in [1.54, 1.807) is 6.26 Å². The Morgan fingerprint density at radius 3 is 2.95 bits per heavy atom. The van der Waals surface area contributed by atoms with Crippen molar-refractivity contribution in [3.8, 4) is 0 Å². The minimum Gasteiger partial charge on any atom is -0.467 e. The van der Waals surface area contributed by atoms with Crippen LogP contribution in [0.15, 0.2) is 29.0 Å². The van der Waals surface area contributed by atoms with Crippen molar-refractivity contribution in [2.45, 2.75) is 51.0 Å². The van der Waals surface area contributed by atoms with E-state index < -0.39 is 0 Å². The van der Waals surface area contributed by atoms with Crippen LogP contribution in [-0.4, -0.2) is 15.7 Å². The SMILES string of the molecule is O=C1C[C@H](C2CCCCC2)c2cnn(Cc3ccco3)c2N1. The van der Waals surface area contributed by atoms with Crippen LogP contribution in [-0.2, 0) is 11.3 Å². The topological polar surface area (TPSA) is 60.1 Å². The van der Waals surface area contributed by atoms with Gasteiger partial charge in [0.2, 0.25) is 5.91 Å². The smallest absolute Gasteiger partial charge is 0.226 e. The van der Waals surface area contributed by atoms with Gasteiger partial charge in [0.05, 0.1) is 12.5 Å². The molecule has 1 atom stereocenters. The van der Waals surface area contributed by atoms with Gasteiger partial charge in [0.25, 0.3) is 0 Å². The maximum absolute atomic E-state index is 12.2. The Morgan fingerprint density at radius 1 is 1.32 bits per heavy atom. The van der Waals surface area contributed by atoms with Gasteiger partial charge < -0.3 is 9.73 Å². The largest absolute Gasteiger partial charge is 0.467 e. The van der Waals surface area contributed by atoms with Crippen molar-refractivity contribution < 1.29 is 9.21 Å². The molecular formula is C17H21N3O2. The van der Waals surface area contributed by atoms with Crippen molar-refractivity contribution in [2.24, 2.45) is 5.92 Å². The van der Waals surface area contributed by atoms with E-state index in [0.29, 0.717) is 24.8 Å². The molecule has 1 aliphatic carbocycles. The maximum atomic E-state index is 12.2. The molecule has 116 valence electrons. The number of nitrogens with zero attached hydrogens (tertiary/aromatic N) is 2. The molecule has 3 heterocycles. The van der Waals surface area contributed by atoms with Crippen LogP contribution in [0.4, 0.5) is 5.82 Å². The predicted molar refractivity (Wildman–Crippen MR) is 82.6 cm³/mol. The molecule has 1 fully saturated rings. The van der Waals surface area contributed by atoms with Crippen LogP contribution in [0.1, 0.15) is 55.8 Å². The number of carbonyl (C=O) groups is 1. The standard InChI is InChI=1S/C17H21N3O2/c21-16-9-14(12-5-2-1-3-6-12)15-10-18-20(17(15)19-16)11-13-7-4-8-22-13/h4,7-8,10,12,14H,1-3,5-6,9,11H2,(H,19,21)/t14-/m1/s1. The monoisotopic (exact) mass is 299 g/mol. The molecule has 0 saturated heterocycles. The molecule has 1 amide bonds. The zero-order valence-electron chi connectivity index (χ0n) is 12.6. The van der Waals surface area contributed by atoms with Gasteiger partial charge >= 0.3 is 0 Å². The second-order valence-electron chi connectivity index (χ2n) is 6.44. The molecule has 1 saturated carbocycles. The van der Waals surface area contributed by atoms with E-state index in [4.69, 9.17) is 4.42 Å². The maximum Gasteiger partial charge on any atom is 0.226 e. The summed E-state index contributed by atoms with van der Waals surface area (Å²) < 4.78 is 7.24. The van der Waals surface area contributed by atoms with Gasteiger partial charge in [-0.25, -0.2) is 4.68 Å². The lowest BCUT2D eigenvalue weighted by Crippen LogP contribution is -2.29. The third-order valence-corrected chi connectivity index (χ3v) is 5.03. The zero-order chi connectivity index (χ0) is 14.9. The molecule has 2 aliphatic rings. The number of anilines is 1. The van der Waals surface area contributed by atoms with Crippen molar-refractivity contribution in [2.75, 3.05) is 5.32 Å². The van der Waals surface area contributed by atoms with E-state index in [0.717, 1.165) is 11.6 Å². The average molecular weight is 299 g/mol. The van der Waals surface area contributed by atoms with Crippen LogP contribution in [0.3, 0.4) is 0 Å². The number of nitrogens with one attached hydrogen (secondary N) is 1. The summed E-state index contributed by atoms with van der Waals surface area (Å²) >= 11 is 0. The number of carbonyl (C=O) groups excluding carboxylic acids is 1. The summed E-state index contributed by atoms with van der Waals surface area (Å²) in [7, 11) is 0. The molecule has 0 aromatic carbocycles. The van der Waals surface area contributed by atoms with Gasteiger partial charge in [0, 0.05) is 17.9 Å². The second-order valence-corrected chi connectivity index (χ2v) is 6.44. The van der Waals surface area contributed by atoms with E-state index in [1.165, 1.54) is 37.7 Å². The number of fused-ring (bicyclic) bond motifs is 1. The summed E-state index contributed by atoms with van der Waals surface area (Å²) in [6.07, 6.45) is 10.6. The van der Waals surface area contributed by atoms with E-state index in [2.05, 4.69) is 10.4 Å². The molecule has 5 nitrogen and oxygen atoms in total. The zero-order valence-corrected chi connectivity index (χ0v) is 12.6. The first-order valence-corrected chi connectivity index (χ1v) is 8.19. The Hall–Kier alpha value is -2.04. The van der Waals surface area contributed by atoms with Gasteiger partial charge in [-0.1, -0.05) is 19.3 Å². The number of hydrogen-bond donors (Lipinski definition) is 1. The van der Waals surface area contributed by atoms with Crippen molar-refractivity contribution >= 4 is 11.7 Å². The minimum atomic E-state index is 0.115. The number of rotatable bonds is 3. The van der Waals surface area contributed by atoms with Crippen molar-refractivity contribution in [3.05, 3.63) is 35.9 Å². The minimum absolute atomic E-state index is 0.115. The van der Waals surface area contributed by atoms with Crippen LogP contribution < -0.4 is 5.32 Å². The first kappa shape index (κ1) is 13.6. The normalized spacial score (nSPS) is 22.4. The third-order valence-electron chi connectivity index (χ3n) is 5.03. The highest BCUT2D eigenvalue weighted by atomic mass is 16.3. The third kappa shape index (κ3) is 2.45. The number of hydrogen-bond acceptors (Lipinski definition) is 3. The molecule has 2 aromatic rings. The van der Waals surface area contributed by atoms with E-state index in [9.17, 15) is 4.79 Å². The van der Waals surface area contributed by atoms with Gasteiger partial charge in [-0.05, 0) is 30.9 Å². The Bertz CT molecular complexity index is 654. The Labute approximate surface area is 129 Å². The Balaban J connectivity index is 1.63. The van der Waals surface area contributed by atoms with Crippen LogP contribution in [0.25, 0.3) is 0 Å². The number of furan rings is 1. The molecule has 0 radical (unpaired) electrons. The lowest BCUT2D eigenvalue weighted by molar-refractivity contribution is -0.117. The van der Waals surface area contributed by atoms with E-state index in [-0.39, 0.29) is 5.91 Å². The van der Waals surface area contributed by atoms with Gasteiger partial charge in [0.1, 0.15) is 18.1 Å². The highest BCUT2D eigenvalue weighted by Crippen LogP contribution is 2.43. The molecule has 0 unspecified atom stereocenters. The predicted octanol–water partition coefficient (Wildman–Crippen LogP) is 3.53. The molecule has 0 bridgehead atoms. The van der Waals surface area contributed by atoms with Crippen LogP contribution in [0.2, 0.25) is 0 Å². The quantitative estimate of drug-likeness (QED) is 0.943. The fraction of sp³-hybridized carbons (Fsp3) is 0.529. The van der Waals surface area contributed by atoms with Crippen LogP contribution in [0.5, 0.6) is 0 Å². The van der Waals surface area contributed by atoms with Crippen molar-refractivity contribution in [1.82, 2.24) is 9.78 Å². The van der Waals surface area contributed by atoms with Crippen LogP contribution in [0, 0.1) is 5.92 Å². The van der Waals surface area contributed by atoms with E-state index in [1.807, 2.05) is 23.0 Å². The van der Waals surface area contributed by atoms with Gasteiger partial charge in [0.15, 0.2) is 0 Å². The van der Waals surface area contributed by atoms with Gasteiger partial charge in [-0.15, -0.1) is 0 Å². The first-order chi connectivity index (χ1) is 10.8. The summed E-state index contributed by atoms with van der Waals surface area (Å²) in [5.41, 5.74) is 1.21. The highest BCUT2D eigenvalue weighted by Gasteiger charge is 2.34. The fourth-order valence-corrected chi connectivity index (χ4v) is 3.93. The molecule has 1 N–H and O–H groups in total. The number of amides is 1. The summed E-state index contributed by atoms with van der Waals surface area (Å²) in [6, 6.07) is 3.80. The molecule has 0 spiro atoms. The number of aromatic nitrogens is 2. The van der Waals surface area contributed by atoms with Crippen molar-refractivity contribution in [3.63, 3.8) is 0 Å². The molecule has 22 heavy (non-hydrogen) atoms. The molecule has 2 aromatic heterocycles. The lowest BCUT2D eigenvalue weighted by atomic mass is 9.75. The van der Waals surface area contributed by atoms with E-state index >= 15 is 0 Å². The fourth-order valence-electron chi connectivity index (χ4n) is 3.93. The van der Waals surface area contributed by atoms with Crippen LogP contribution >= 0.6 is 0 Å². The second kappa shape index (κ2) is 5.63. The molecule has 5 heteroatoms. The molecule has 4 rings (SSSR count). The molecule has 1 aliphatic heterocycles. The summed E-state index contributed by atoms with van der Waals surface area (Å²) in [5.74, 6) is 2.78. The lowest BCUT2D eigenvalue weighted by Gasteiger charge is -2.32. The summed E-state index contributed by atoms with van der Waals surface area (Å²) in [4.78, 5) is 12.2. The van der Waals surface area contributed by atoms with Gasteiger partial charge in [-0.3, -0.25) is 4.79 Å². The first-order valence-electron chi connectivity index (χ1n) is 8.19. The summed E-state index contributed by atoms with van der Waals surface area (Å²) in [6.45, 7) is 0.556. The molecular weight excluding hydrogens is 278 g/mol. The Morgan fingerprint density at radius 2 is 2.18 bits per heavy atom. The highest BCUT2D eigenvalue weighted by molar-refractivity contribution is 5.93. The average Bonchev–Trinajstić information content (AvgIpc) is 3.18.